The molecule has 0 spiro atoms. The van der Waals surface area contributed by atoms with E-state index in [0.717, 1.165) is 6.08 Å². The summed E-state index contributed by atoms with van der Waals surface area (Å²) in [6, 6.07) is 0. The first-order chi connectivity index (χ1) is 4.52. The van der Waals surface area contributed by atoms with E-state index in [1.54, 1.807) is 0 Å². The van der Waals surface area contributed by atoms with Gasteiger partial charge in [0.2, 0.25) is 5.91 Å². The molecule has 10 heavy (non-hydrogen) atoms. The van der Waals surface area contributed by atoms with Crippen LogP contribution in [0.1, 0.15) is 0 Å². The fraction of sp³-hybridized carbons (Fsp3) is 0.400. The average Bonchev–Trinajstić information content (AvgIpc) is 1.58. The number of carbonyl (C=O) groups excluding carboxylic acids is 1. The van der Waals surface area contributed by atoms with Crippen LogP contribution in [0.15, 0.2) is 11.8 Å². The van der Waals surface area contributed by atoms with E-state index in [2.05, 4.69) is 0 Å². The van der Waals surface area contributed by atoms with Gasteiger partial charge in [-0.2, -0.15) is 0 Å². The molecule has 1 atom stereocenters. The summed E-state index contributed by atoms with van der Waals surface area (Å²) in [4.78, 5) is 10.2. The summed E-state index contributed by atoms with van der Waals surface area (Å²) < 4.78 is 10.5. The van der Waals surface area contributed by atoms with Crippen LogP contribution in [0, 0.1) is 0 Å². The number of hydrogen-bond donors (Lipinski definition) is 2. The lowest BCUT2D eigenvalue weighted by Gasteiger charge is -2.02. The Balaban J connectivity index is 3.83. The van der Waals surface area contributed by atoms with E-state index in [-0.39, 0.29) is 11.4 Å². The minimum Gasteiger partial charge on any atom is -0.616 e. The normalized spacial score (nSPS) is 14.8. The third-order valence-electron chi connectivity index (χ3n) is 0.698. The molecule has 0 rings (SSSR count). The molecule has 0 saturated heterocycles. The SMILES string of the molecule is C[S+]([O-])C/C(N)=C/C(N)=O. The minimum atomic E-state index is -1.01. The maximum Gasteiger partial charge on any atom is 0.243 e. The zero-order valence-electron chi connectivity index (χ0n) is 5.66. The van der Waals surface area contributed by atoms with Gasteiger partial charge in [-0.1, -0.05) is 11.2 Å². The van der Waals surface area contributed by atoms with E-state index in [4.69, 9.17) is 11.5 Å². The van der Waals surface area contributed by atoms with Crippen molar-refractivity contribution in [2.24, 2.45) is 11.5 Å². The molecule has 0 saturated carbocycles. The molecule has 0 aliphatic rings. The van der Waals surface area contributed by atoms with E-state index in [1.165, 1.54) is 6.26 Å². The second-order valence-electron chi connectivity index (χ2n) is 1.84. The Morgan fingerprint density at radius 3 is 2.50 bits per heavy atom. The lowest BCUT2D eigenvalue weighted by molar-refractivity contribution is -0.113. The lowest BCUT2D eigenvalue weighted by Crippen LogP contribution is -2.16. The molecule has 0 aromatic rings. The van der Waals surface area contributed by atoms with E-state index >= 15 is 0 Å². The number of nitrogens with two attached hydrogens (primary N) is 2. The van der Waals surface area contributed by atoms with Crippen LogP contribution in [0.3, 0.4) is 0 Å². The first kappa shape index (κ1) is 9.32. The van der Waals surface area contributed by atoms with E-state index in [0.29, 0.717) is 0 Å². The highest BCUT2D eigenvalue weighted by atomic mass is 32.2. The molecule has 4 nitrogen and oxygen atoms in total. The maximum absolute atomic E-state index is 10.5. The van der Waals surface area contributed by atoms with Gasteiger partial charge in [0.1, 0.15) is 5.75 Å². The second kappa shape index (κ2) is 4.19. The van der Waals surface area contributed by atoms with Gasteiger partial charge in [0.25, 0.3) is 0 Å². The Morgan fingerprint density at radius 1 is 1.70 bits per heavy atom. The molecule has 1 amide bonds. The molecule has 0 aromatic carbocycles. The predicted octanol–water partition coefficient (Wildman–Crippen LogP) is -1.31. The van der Waals surface area contributed by atoms with Crippen LogP contribution in [0.2, 0.25) is 0 Å². The maximum atomic E-state index is 10.5. The summed E-state index contributed by atoms with van der Waals surface area (Å²) in [5.74, 6) is -0.411. The van der Waals surface area contributed by atoms with Gasteiger partial charge in [-0.25, -0.2) is 0 Å². The molecule has 0 aromatic heterocycles. The Kier molecular flexibility index (Phi) is 3.90. The molecule has 1 unspecified atom stereocenters. The number of primary amides is 1. The van der Waals surface area contributed by atoms with Crippen LogP contribution in [0.4, 0.5) is 0 Å². The van der Waals surface area contributed by atoms with Crippen molar-refractivity contribution in [3.05, 3.63) is 11.8 Å². The molecule has 0 aliphatic heterocycles. The molecule has 58 valence electrons. The van der Waals surface area contributed by atoms with Crippen LogP contribution >= 0.6 is 0 Å². The van der Waals surface area contributed by atoms with Gasteiger partial charge >= 0.3 is 0 Å². The van der Waals surface area contributed by atoms with Crippen molar-refractivity contribution < 1.29 is 9.35 Å². The van der Waals surface area contributed by atoms with Crippen molar-refractivity contribution >= 4 is 17.1 Å². The van der Waals surface area contributed by atoms with Crippen molar-refractivity contribution in [1.29, 1.82) is 0 Å². The van der Waals surface area contributed by atoms with Crippen LogP contribution in [0.25, 0.3) is 0 Å². The smallest absolute Gasteiger partial charge is 0.243 e. The number of hydrogen-bond acceptors (Lipinski definition) is 3. The van der Waals surface area contributed by atoms with Gasteiger partial charge in [0.05, 0.1) is 12.0 Å². The Morgan fingerprint density at radius 2 is 2.20 bits per heavy atom. The van der Waals surface area contributed by atoms with Crippen LogP contribution in [0.5, 0.6) is 0 Å². The molecule has 0 radical (unpaired) electrons. The second-order valence-corrected chi connectivity index (χ2v) is 3.27. The van der Waals surface area contributed by atoms with Gasteiger partial charge < -0.3 is 16.0 Å². The van der Waals surface area contributed by atoms with Crippen molar-refractivity contribution in [1.82, 2.24) is 0 Å². The molecule has 4 N–H and O–H groups in total. The topological polar surface area (TPSA) is 92.2 Å². The van der Waals surface area contributed by atoms with Crippen molar-refractivity contribution in [2.45, 2.75) is 0 Å². The molecule has 0 bridgehead atoms. The Hall–Kier alpha value is -0.680. The first-order valence-electron chi connectivity index (χ1n) is 2.58. The summed E-state index contributed by atoms with van der Waals surface area (Å²) in [6.45, 7) is 0. The molecular formula is C5H10N2O2S. The summed E-state index contributed by atoms with van der Waals surface area (Å²) in [5.41, 5.74) is 10.3. The van der Waals surface area contributed by atoms with E-state index < -0.39 is 17.1 Å². The Labute approximate surface area is 62.4 Å². The third-order valence-corrected chi connectivity index (χ3v) is 1.44. The van der Waals surface area contributed by atoms with Gasteiger partial charge in [0, 0.05) is 6.08 Å². The van der Waals surface area contributed by atoms with Gasteiger partial charge in [-0.05, 0) is 0 Å². The highest BCUT2D eigenvalue weighted by Gasteiger charge is 2.00. The zero-order chi connectivity index (χ0) is 8.15. The summed E-state index contributed by atoms with van der Waals surface area (Å²) >= 11 is -1.01. The van der Waals surface area contributed by atoms with Gasteiger partial charge in [-0.15, -0.1) is 0 Å². The fourth-order valence-corrected chi connectivity index (χ4v) is 1.01. The van der Waals surface area contributed by atoms with Crippen LogP contribution in [-0.4, -0.2) is 22.5 Å². The monoisotopic (exact) mass is 162 g/mol. The number of carbonyl (C=O) groups is 1. The highest BCUT2D eigenvalue weighted by Crippen LogP contribution is 1.90. The van der Waals surface area contributed by atoms with Crippen molar-refractivity contribution in [3.63, 3.8) is 0 Å². The first-order valence-corrected chi connectivity index (χ1v) is 4.30. The minimum absolute atomic E-state index is 0.197. The highest BCUT2D eigenvalue weighted by molar-refractivity contribution is 7.90. The van der Waals surface area contributed by atoms with Crippen molar-refractivity contribution in [3.8, 4) is 0 Å². The van der Waals surface area contributed by atoms with E-state index in [9.17, 15) is 9.35 Å². The van der Waals surface area contributed by atoms with Gasteiger partial charge in [0.15, 0.2) is 0 Å². The molecular weight excluding hydrogens is 152 g/mol. The number of rotatable bonds is 3. The van der Waals surface area contributed by atoms with E-state index in [1.807, 2.05) is 0 Å². The standard InChI is InChI=1S/C5H10N2O2S/c1-10(9)3-4(6)2-5(7)8/h2H,3,6H2,1H3,(H2,7,8)/b4-2-. The summed E-state index contributed by atoms with van der Waals surface area (Å²) in [6.07, 6.45) is 2.57. The van der Waals surface area contributed by atoms with Crippen molar-refractivity contribution in [2.75, 3.05) is 12.0 Å². The van der Waals surface area contributed by atoms with Gasteiger partial charge in [-0.3, -0.25) is 4.79 Å². The molecule has 5 heteroatoms. The summed E-state index contributed by atoms with van der Waals surface area (Å²) in [7, 11) is 0. The molecule has 0 fully saturated rings. The quantitative estimate of drug-likeness (QED) is 0.399. The average molecular weight is 162 g/mol. The Bertz CT molecular complexity index is 156. The number of amides is 1. The lowest BCUT2D eigenvalue weighted by atomic mass is 10.4. The zero-order valence-corrected chi connectivity index (χ0v) is 6.48. The largest absolute Gasteiger partial charge is 0.616 e. The third kappa shape index (κ3) is 5.46. The molecule has 0 aliphatic carbocycles. The van der Waals surface area contributed by atoms with Crippen LogP contribution < -0.4 is 11.5 Å². The predicted molar refractivity (Wildman–Crippen MR) is 40.4 cm³/mol. The fourth-order valence-electron chi connectivity index (χ4n) is 0.459. The summed E-state index contributed by atoms with van der Waals surface area (Å²) in [5, 5.41) is 0. The van der Waals surface area contributed by atoms with Crippen LogP contribution in [-0.2, 0) is 16.0 Å². The molecule has 0 heterocycles.